The molecule has 0 aromatic heterocycles. The van der Waals surface area contributed by atoms with E-state index < -0.39 is 11.8 Å². The Labute approximate surface area is 159 Å². The fraction of sp³-hybridized carbons (Fsp3) is 0.0500. The predicted molar refractivity (Wildman–Crippen MR) is 100 cm³/mol. The Bertz CT molecular complexity index is 1040. The van der Waals surface area contributed by atoms with Crippen LogP contribution in [0, 0.1) is 0 Å². The second kappa shape index (κ2) is 6.56. The lowest BCUT2D eigenvalue weighted by molar-refractivity contribution is -0.111. The Kier molecular flexibility index (Phi) is 4.23. The molecule has 2 aromatic carbocycles. The van der Waals surface area contributed by atoms with E-state index >= 15 is 0 Å². The second-order valence-corrected chi connectivity index (χ2v) is 6.62. The van der Waals surface area contributed by atoms with Crippen molar-refractivity contribution in [3.63, 3.8) is 0 Å². The van der Waals surface area contributed by atoms with Crippen LogP contribution in [-0.2, 0) is 11.2 Å². The molecule has 0 radical (unpaired) electrons. The first kappa shape index (κ1) is 16.8. The van der Waals surface area contributed by atoms with Crippen LogP contribution in [-0.4, -0.2) is 17.5 Å². The molecular formula is C20H11Cl2NO3. The molecule has 128 valence electrons. The number of carbonyl (C=O) groups is 2. The minimum absolute atomic E-state index is 0.0503. The highest BCUT2D eigenvalue weighted by Gasteiger charge is 2.28. The number of benzene rings is 2. The lowest BCUT2D eigenvalue weighted by Crippen LogP contribution is -2.18. The Hall–Kier alpha value is -2.69. The Morgan fingerprint density at radius 2 is 1.85 bits per heavy atom. The van der Waals surface area contributed by atoms with Gasteiger partial charge in [0.1, 0.15) is 5.75 Å². The summed E-state index contributed by atoms with van der Waals surface area (Å²) in [5.41, 5.74) is 3.22. The van der Waals surface area contributed by atoms with Gasteiger partial charge in [-0.15, -0.1) is 0 Å². The van der Waals surface area contributed by atoms with Crippen LogP contribution in [0.3, 0.4) is 0 Å². The molecule has 1 heterocycles. The molecule has 0 N–H and O–H groups in total. The van der Waals surface area contributed by atoms with Gasteiger partial charge in [0.2, 0.25) is 5.78 Å². The number of aliphatic imine (C=N–C) groups is 1. The first-order valence-corrected chi connectivity index (χ1v) is 8.58. The molecule has 0 atom stereocenters. The summed E-state index contributed by atoms with van der Waals surface area (Å²) < 4.78 is 5.43. The van der Waals surface area contributed by atoms with E-state index in [1.807, 2.05) is 6.07 Å². The van der Waals surface area contributed by atoms with Crippen molar-refractivity contribution in [3.05, 3.63) is 81.4 Å². The lowest BCUT2D eigenvalue weighted by Gasteiger charge is -2.21. The molecule has 0 amide bonds. The number of Topliss-reactive ketones (excluding diaryl/α,β-unsaturated/α-hetero) is 1. The molecule has 26 heavy (non-hydrogen) atoms. The van der Waals surface area contributed by atoms with Gasteiger partial charge in [-0.3, -0.25) is 4.79 Å². The molecule has 1 aliphatic carbocycles. The predicted octanol–water partition coefficient (Wildman–Crippen LogP) is 4.73. The number of fused-ring (bicyclic) bond motifs is 2. The van der Waals surface area contributed by atoms with Crippen molar-refractivity contribution >= 4 is 46.4 Å². The molecule has 2 aromatic rings. The number of hydrogen-bond donors (Lipinski definition) is 0. The van der Waals surface area contributed by atoms with Gasteiger partial charge in [0.15, 0.2) is 0 Å². The van der Waals surface area contributed by atoms with Crippen LogP contribution < -0.4 is 4.74 Å². The largest absolute Gasteiger partial charge is 0.423 e. The summed E-state index contributed by atoms with van der Waals surface area (Å²) in [6.45, 7) is 0. The van der Waals surface area contributed by atoms with E-state index in [1.54, 1.807) is 42.5 Å². The summed E-state index contributed by atoms with van der Waals surface area (Å²) in [7, 11) is 0. The monoisotopic (exact) mass is 383 g/mol. The van der Waals surface area contributed by atoms with Gasteiger partial charge in [-0.05, 0) is 42.0 Å². The summed E-state index contributed by atoms with van der Waals surface area (Å²) >= 11 is 12.0. The van der Waals surface area contributed by atoms with Gasteiger partial charge in [0, 0.05) is 12.0 Å². The van der Waals surface area contributed by atoms with Crippen molar-refractivity contribution in [3.8, 4) is 5.75 Å². The standard InChI is InChI=1S/C20H11Cl2NO3/c21-15-10-17-14(18(22)19(15)24)9-12-8-13(6-7-16(12)23-17)26-20(25)11-4-2-1-3-5-11/h1-8,10H,9H2. The van der Waals surface area contributed by atoms with Gasteiger partial charge in [-0.2, -0.15) is 0 Å². The van der Waals surface area contributed by atoms with E-state index in [1.165, 1.54) is 6.08 Å². The number of ketones is 1. The summed E-state index contributed by atoms with van der Waals surface area (Å²) in [5, 5.41) is 0.128. The van der Waals surface area contributed by atoms with Crippen molar-refractivity contribution < 1.29 is 14.3 Å². The van der Waals surface area contributed by atoms with E-state index in [0.29, 0.717) is 29.0 Å². The topological polar surface area (TPSA) is 55.7 Å². The van der Waals surface area contributed by atoms with Crippen LogP contribution in [0.25, 0.3) is 0 Å². The number of ether oxygens (including phenoxy) is 1. The third kappa shape index (κ3) is 2.98. The van der Waals surface area contributed by atoms with Crippen LogP contribution >= 0.6 is 23.2 Å². The van der Waals surface area contributed by atoms with E-state index in [-0.39, 0.29) is 10.1 Å². The van der Waals surface area contributed by atoms with E-state index in [2.05, 4.69) is 4.99 Å². The summed E-state index contributed by atoms with van der Waals surface area (Å²) in [4.78, 5) is 28.6. The molecule has 1 aliphatic heterocycles. The smallest absolute Gasteiger partial charge is 0.343 e. The zero-order chi connectivity index (χ0) is 18.3. The number of nitrogens with zero attached hydrogens (tertiary/aromatic N) is 1. The minimum atomic E-state index is -0.439. The number of esters is 1. The van der Waals surface area contributed by atoms with Crippen LogP contribution in [0.5, 0.6) is 5.75 Å². The maximum atomic E-state index is 12.2. The van der Waals surface area contributed by atoms with Crippen molar-refractivity contribution in [2.45, 2.75) is 6.42 Å². The fourth-order valence-corrected chi connectivity index (χ4v) is 3.34. The zero-order valence-electron chi connectivity index (χ0n) is 13.3. The van der Waals surface area contributed by atoms with Gasteiger partial charge in [-0.25, -0.2) is 9.79 Å². The number of hydrogen-bond acceptors (Lipinski definition) is 4. The van der Waals surface area contributed by atoms with E-state index in [4.69, 9.17) is 27.9 Å². The van der Waals surface area contributed by atoms with Crippen molar-refractivity contribution in [1.82, 2.24) is 0 Å². The van der Waals surface area contributed by atoms with Gasteiger partial charge in [0.25, 0.3) is 0 Å². The molecule has 0 saturated heterocycles. The fourth-order valence-electron chi connectivity index (χ4n) is 2.83. The van der Waals surface area contributed by atoms with Crippen molar-refractivity contribution in [1.29, 1.82) is 0 Å². The van der Waals surface area contributed by atoms with E-state index in [9.17, 15) is 9.59 Å². The highest BCUT2D eigenvalue weighted by atomic mass is 35.5. The normalized spacial score (nSPS) is 15.7. The Balaban J connectivity index is 1.65. The number of allylic oxidation sites excluding steroid dienone is 4. The van der Waals surface area contributed by atoms with Crippen LogP contribution in [0.4, 0.5) is 5.69 Å². The van der Waals surface area contributed by atoms with Gasteiger partial charge in [0.05, 0.1) is 27.0 Å². The van der Waals surface area contributed by atoms with Gasteiger partial charge < -0.3 is 4.74 Å². The molecule has 0 unspecified atom stereocenters. The summed E-state index contributed by atoms with van der Waals surface area (Å²) in [6.07, 6.45) is 1.94. The molecule has 4 rings (SSSR count). The highest BCUT2D eigenvalue weighted by Crippen LogP contribution is 2.37. The average Bonchev–Trinajstić information content (AvgIpc) is 2.66. The molecule has 0 fully saturated rings. The van der Waals surface area contributed by atoms with Crippen LogP contribution in [0.1, 0.15) is 15.9 Å². The van der Waals surface area contributed by atoms with Crippen molar-refractivity contribution in [2.75, 3.05) is 0 Å². The maximum absolute atomic E-state index is 12.2. The first-order chi connectivity index (χ1) is 12.5. The first-order valence-electron chi connectivity index (χ1n) is 7.82. The third-order valence-electron chi connectivity index (χ3n) is 4.13. The zero-order valence-corrected chi connectivity index (χ0v) is 14.8. The minimum Gasteiger partial charge on any atom is -0.423 e. The molecule has 6 heteroatoms. The quantitative estimate of drug-likeness (QED) is 0.427. The maximum Gasteiger partial charge on any atom is 0.343 e. The summed E-state index contributed by atoms with van der Waals surface area (Å²) in [5.74, 6) is -0.438. The lowest BCUT2D eigenvalue weighted by atomic mass is 9.92. The highest BCUT2D eigenvalue weighted by molar-refractivity contribution is 6.58. The van der Waals surface area contributed by atoms with Gasteiger partial charge >= 0.3 is 5.97 Å². The SMILES string of the molecule is O=C1C(Cl)=CC2=Nc3ccc(OC(=O)c4ccccc4)cc3CC2=C1Cl. The molecule has 0 bridgehead atoms. The molecule has 0 spiro atoms. The number of carbonyl (C=O) groups excluding carboxylic acids is 2. The molecule has 0 saturated carbocycles. The average molecular weight is 384 g/mol. The Morgan fingerprint density at radius 1 is 1.08 bits per heavy atom. The number of rotatable bonds is 2. The van der Waals surface area contributed by atoms with Crippen LogP contribution in [0.15, 0.2) is 75.2 Å². The molecule has 2 aliphatic rings. The number of halogens is 2. The second-order valence-electron chi connectivity index (χ2n) is 5.83. The Morgan fingerprint density at radius 3 is 2.62 bits per heavy atom. The third-order valence-corrected chi connectivity index (χ3v) is 4.81. The molecular weight excluding hydrogens is 373 g/mol. The van der Waals surface area contributed by atoms with E-state index in [0.717, 1.165) is 11.3 Å². The summed E-state index contributed by atoms with van der Waals surface area (Å²) in [6, 6.07) is 13.9. The van der Waals surface area contributed by atoms with Crippen molar-refractivity contribution in [2.24, 2.45) is 4.99 Å². The van der Waals surface area contributed by atoms with Crippen LogP contribution in [0.2, 0.25) is 0 Å². The van der Waals surface area contributed by atoms with Gasteiger partial charge in [-0.1, -0.05) is 41.4 Å². The molecule has 4 nitrogen and oxygen atoms in total.